The van der Waals surface area contributed by atoms with E-state index in [1.807, 2.05) is 23.1 Å². The number of hydrogen-bond acceptors (Lipinski definition) is 5. The van der Waals surface area contributed by atoms with Crippen LogP contribution >= 0.6 is 11.6 Å². The van der Waals surface area contributed by atoms with Crippen LogP contribution in [0.1, 0.15) is 37.0 Å². The SMILES string of the molecule is COCc1nc(C2(C)CCCN(C(=O)Cc3cccc(Cl)c3)C2)no1. The smallest absolute Gasteiger partial charge is 0.252 e. The van der Waals surface area contributed by atoms with Crippen molar-refractivity contribution in [3.63, 3.8) is 0 Å². The third kappa shape index (κ3) is 4.19. The first-order chi connectivity index (χ1) is 12.0. The number of halogens is 1. The second kappa shape index (κ2) is 7.54. The van der Waals surface area contributed by atoms with Crippen LogP contribution in [0.25, 0.3) is 0 Å². The Balaban J connectivity index is 1.70. The Bertz CT molecular complexity index is 749. The summed E-state index contributed by atoms with van der Waals surface area (Å²) in [5, 5.41) is 4.74. The van der Waals surface area contributed by atoms with Gasteiger partial charge in [-0.25, -0.2) is 0 Å². The van der Waals surface area contributed by atoms with Crippen LogP contribution in [0.5, 0.6) is 0 Å². The Labute approximate surface area is 152 Å². The van der Waals surface area contributed by atoms with Gasteiger partial charge in [0.05, 0.1) is 6.42 Å². The minimum atomic E-state index is -0.308. The van der Waals surface area contributed by atoms with Gasteiger partial charge < -0.3 is 14.2 Å². The molecule has 3 rings (SSSR count). The normalized spacial score (nSPS) is 20.7. The van der Waals surface area contributed by atoms with Crippen molar-refractivity contribution in [1.29, 1.82) is 0 Å². The lowest BCUT2D eigenvalue weighted by Crippen LogP contribution is -2.48. The van der Waals surface area contributed by atoms with Gasteiger partial charge in [-0.1, -0.05) is 35.8 Å². The number of amides is 1. The molecule has 0 bridgehead atoms. The number of nitrogens with zero attached hydrogens (tertiary/aromatic N) is 3. The Hall–Kier alpha value is -1.92. The van der Waals surface area contributed by atoms with Crippen LogP contribution < -0.4 is 0 Å². The summed E-state index contributed by atoms with van der Waals surface area (Å²) in [6.07, 6.45) is 2.17. The second-order valence-corrected chi connectivity index (χ2v) is 7.17. The molecule has 0 spiro atoms. The summed E-state index contributed by atoms with van der Waals surface area (Å²) in [5.74, 6) is 1.19. The van der Waals surface area contributed by atoms with Crippen LogP contribution in [0.4, 0.5) is 0 Å². The number of carbonyl (C=O) groups is 1. The highest BCUT2D eigenvalue weighted by molar-refractivity contribution is 6.30. The molecule has 1 aromatic carbocycles. The van der Waals surface area contributed by atoms with Crippen LogP contribution in [-0.2, 0) is 28.0 Å². The fraction of sp³-hybridized carbons (Fsp3) is 0.500. The van der Waals surface area contributed by atoms with Crippen molar-refractivity contribution in [3.8, 4) is 0 Å². The number of aromatic nitrogens is 2. The van der Waals surface area contributed by atoms with Gasteiger partial charge in [-0.05, 0) is 30.5 Å². The lowest BCUT2D eigenvalue weighted by Gasteiger charge is -2.38. The number of rotatable bonds is 5. The molecule has 1 unspecified atom stereocenters. The van der Waals surface area contributed by atoms with Gasteiger partial charge in [0.2, 0.25) is 5.91 Å². The molecule has 1 aliphatic heterocycles. The van der Waals surface area contributed by atoms with E-state index in [1.54, 1.807) is 13.2 Å². The van der Waals surface area contributed by atoms with Crippen LogP contribution in [0.15, 0.2) is 28.8 Å². The number of likely N-dealkylation sites (tertiary alicyclic amines) is 1. The molecular weight excluding hydrogens is 342 g/mol. The fourth-order valence-corrected chi connectivity index (χ4v) is 3.46. The Morgan fingerprint density at radius 2 is 2.32 bits per heavy atom. The van der Waals surface area contributed by atoms with Gasteiger partial charge in [0.25, 0.3) is 5.89 Å². The monoisotopic (exact) mass is 363 g/mol. The van der Waals surface area contributed by atoms with Crippen molar-refractivity contribution in [3.05, 3.63) is 46.6 Å². The molecule has 1 saturated heterocycles. The van der Waals surface area contributed by atoms with Crippen molar-refractivity contribution in [2.75, 3.05) is 20.2 Å². The zero-order chi connectivity index (χ0) is 17.9. The van der Waals surface area contributed by atoms with Crippen LogP contribution in [-0.4, -0.2) is 41.1 Å². The molecule has 1 atom stereocenters. The van der Waals surface area contributed by atoms with Crippen LogP contribution in [0.3, 0.4) is 0 Å². The maximum Gasteiger partial charge on any atom is 0.252 e. The third-order valence-corrected chi connectivity index (χ3v) is 4.80. The lowest BCUT2D eigenvalue weighted by atomic mass is 9.81. The van der Waals surface area contributed by atoms with E-state index < -0.39 is 0 Å². The summed E-state index contributed by atoms with van der Waals surface area (Å²) in [6, 6.07) is 7.42. The third-order valence-electron chi connectivity index (χ3n) is 4.57. The molecule has 0 saturated carbocycles. The van der Waals surface area contributed by atoms with Gasteiger partial charge in [-0.2, -0.15) is 4.98 Å². The molecule has 1 aromatic heterocycles. The van der Waals surface area contributed by atoms with Crippen LogP contribution in [0.2, 0.25) is 5.02 Å². The van der Waals surface area contributed by atoms with Gasteiger partial charge in [-0.3, -0.25) is 4.79 Å². The maximum atomic E-state index is 12.7. The van der Waals surface area contributed by atoms with E-state index in [1.165, 1.54) is 0 Å². The molecule has 25 heavy (non-hydrogen) atoms. The van der Waals surface area contributed by atoms with Crippen LogP contribution in [0, 0.1) is 0 Å². The summed E-state index contributed by atoms with van der Waals surface area (Å²) in [6.45, 7) is 3.70. The summed E-state index contributed by atoms with van der Waals surface area (Å²) in [4.78, 5) is 19.0. The van der Waals surface area contributed by atoms with Gasteiger partial charge >= 0.3 is 0 Å². The standard InChI is InChI=1S/C18H22ClN3O3/c1-18(17-20-15(11-24-2)25-21-17)7-4-8-22(12-18)16(23)10-13-5-3-6-14(19)9-13/h3,5-6,9H,4,7-8,10-12H2,1-2H3. The number of ether oxygens (including phenoxy) is 1. The van der Waals surface area contributed by atoms with Crippen molar-refractivity contribution in [2.24, 2.45) is 0 Å². The van der Waals surface area contributed by atoms with E-state index in [4.69, 9.17) is 20.9 Å². The molecule has 1 aliphatic rings. The molecule has 2 heterocycles. The molecule has 6 nitrogen and oxygen atoms in total. The predicted molar refractivity (Wildman–Crippen MR) is 93.3 cm³/mol. The van der Waals surface area contributed by atoms with Gasteiger partial charge in [0, 0.05) is 30.6 Å². The van der Waals surface area contributed by atoms with E-state index in [9.17, 15) is 4.79 Å². The zero-order valence-electron chi connectivity index (χ0n) is 14.5. The number of piperidine rings is 1. The number of hydrogen-bond donors (Lipinski definition) is 0. The van der Waals surface area contributed by atoms with Gasteiger partial charge in [0.1, 0.15) is 6.61 Å². The van der Waals surface area contributed by atoms with E-state index in [0.717, 1.165) is 24.9 Å². The first kappa shape index (κ1) is 17.9. The fourth-order valence-electron chi connectivity index (χ4n) is 3.25. The van der Waals surface area contributed by atoms with Crippen molar-refractivity contribution in [2.45, 2.75) is 38.2 Å². The minimum Gasteiger partial charge on any atom is -0.375 e. The molecule has 0 N–H and O–H groups in total. The van der Waals surface area contributed by atoms with Gasteiger partial charge in [-0.15, -0.1) is 0 Å². The molecule has 1 amide bonds. The molecule has 134 valence electrons. The summed E-state index contributed by atoms with van der Waals surface area (Å²) in [7, 11) is 1.59. The first-order valence-corrected chi connectivity index (χ1v) is 8.72. The predicted octanol–water partition coefficient (Wildman–Crippen LogP) is 2.99. The highest BCUT2D eigenvalue weighted by Gasteiger charge is 2.38. The largest absolute Gasteiger partial charge is 0.375 e. The second-order valence-electron chi connectivity index (χ2n) is 6.73. The Morgan fingerprint density at radius 3 is 3.08 bits per heavy atom. The van der Waals surface area contributed by atoms with E-state index >= 15 is 0 Å². The summed E-state index contributed by atoms with van der Waals surface area (Å²) in [5.41, 5.74) is 0.615. The van der Waals surface area contributed by atoms with E-state index in [2.05, 4.69) is 17.1 Å². The highest BCUT2D eigenvalue weighted by Crippen LogP contribution is 2.32. The van der Waals surface area contributed by atoms with Gasteiger partial charge in [0.15, 0.2) is 5.82 Å². The lowest BCUT2D eigenvalue weighted by molar-refractivity contribution is -0.132. The number of carbonyl (C=O) groups excluding carboxylic acids is 1. The number of benzene rings is 1. The molecule has 1 fully saturated rings. The molecule has 0 radical (unpaired) electrons. The average molecular weight is 364 g/mol. The maximum absolute atomic E-state index is 12.7. The summed E-state index contributed by atoms with van der Waals surface area (Å²) < 4.78 is 10.2. The molecular formula is C18H22ClN3O3. The zero-order valence-corrected chi connectivity index (χ0v) is 15.3. The molecule has 7 heteroatoms. The molecule has 2 aromatic rings. The Morgan fingerprint density at radius 1 is 1.48 bits per heavy atom. The van der Waals surface area contributed by atoms with Crippen molar-refractivity contribution < 1.29 is 14.1 Å². The first-order valence-electron chi connectivity index (χ1n) is 8.34. The van der Waals surface area contributed by atoms with E-state index in [0.29, 0.717) is 36.3 Å². The van der Waals surface area contributed by atoms with E-state index in [-0.39, 0.29) is 11.3 Å². The topological polar surface area (TPSA) is 68.5 Å². The minimum absolute atomic E-state index is 0.0915. The highest BCUT2D eigenvalue weighted by atomic mass is 35.5. The Kier molecular flexibility index (Phi) is 5.39. The van der Waals surface area contributed by atoms with Crippen molar-refractivity contribution >= 4 is 17.5 Å². The summed E-state index contributed by atoms with van der Waals surface area (Å²) >= 11 is 6.01. The molecule has 0 aliphatic carbocycles. The average Bonchev–Trinajstić information content (AvgIpc) is 3.05. The quantitative estimate of drug-likeness (QED) is 0.816. The van der Waals surface area contributed by atoms with Crippen molar-refractivity contribution in [1.82, 2.24) is 15.0 Å². The number of methoxy groups -OCH3 is 1.